The van der Waals surface area contributed by atoms with Crippen molar-refractivity contribution < 1.29 is 9.59 Å². The number of nitrogens with one attached hydrogen (secondary N) is 2. The van der Waals surface area contributed by atoms with Gasteiger partial charge in [-0.25, -0.2) is 0 Å². The SMILES string of the molecule is CCC(=O)Nc1cccc(NC(=O)c2cccc(C)c2)c1C. The third kappa shape index (κ3) is 3.73. The summed E-state index contributed by atoms with van der Waals surface area (Å²) < 4.78 is 0. The van der Waals surface area contributed by atoms with Crippen LogP contribution in [0.1, 0.15) is 34.8 Å². The molecule has 114 valence electrons. The van der Waals surface area contributed by atoms with E-state index in [0.717, 1.165) is 11.1 Å². The average Bonchev–Trinajstić information content (AvgIpc) is 2.51. The minimum Gasteiger partial charge on any atom is -0.326 e. The zero-order chi connectivity index (χ0) is 16.1. The van der Waals surface area contributed by atoms with Crippen LogP contribution in [0.25, 0.3) is 0 Å². The fourth-order valence-corrected chi connectivity index (χ4v) is 2.13. The van der Waals surface area contributed by atoms with E-state index in [4.69, 9.17) is 0 Å². The first-order valence-electron chi connectivity index (χ1n) is 7.28. The molecule has 0 spiro atoms. The number of rotatable bonds is 4. The van der Waals surface area contributed by atoms with E-state index >= 15 is 0 Å². The first kappa shape index (κ1) is 15.8. The van der Waals surface area contributed by atoms with Crippen molar-refractivity contribution in [2.75, 3.05) is 10.6 Å². The van der Waals surface area contributed by atoms with Crippen LogP contribution >= 0.6 is 0 Å². The Morgan fingerprint density at radius 2 is 1.59 bits per heavy atom. The van der Waals surface area contributed by atoms with Crippen molar-refractivity contribution in [2.24, 2.45) is 0 Å². The molecule has 0 fully saturated rings. The minimum atomic E-state index is -0.161. The molecule has 22 heavy (non-hydrogen) atoms. The standard InChI is InChI=1S/C18H20N2O2/c1-4-17(21)19-15-9-6-10-16(13(15)3)20-18(22)14-8-5-7-12(2)11-14/h5-11H,4H2,1-3H3,(H,19,21)(H,20,22). The van der Waals surface area contributed by atoms with Crippen molar-refractivity contribution >= 4 is 23.2 Å². The van der Waals surface area contributed by atoms with Gasteiger partial charge in [-0.05, 0) is 43.7 Å². The minimum absolute atomic E-state index is 0.0507. The number of carbonyl (C=O) groups excluding carboxylic acids is 2. The normalized spacial score (nSPS) is 10.1. The lowest BCUT2D eigenvalue weighted by atomic mass is 10.1. The summed E-state index contributed by atoms with van der Waals surface area (Å²) in [5, 5.41) is 5.73. The number of hydrogen-bond acceptors (Lipinski definition) is 2. The van der Waals surface area contributed by atoms with Crippen molar-refractivity contribution in [3.05, 3.63) is 59.2 Å². The van der Waals surface area contributed by atoms with E-state index in [0.29, 0.717) is 23.4 Å². The van der Waals surface area contributed by atoms with Gasteiger partial charge in [-0.15, -0.1) is 0 Å². The van der Waals surface area contributed by atoms with E-state index in [1.165, 1.54) is 0 Å². The Balaban J connectivity index is 2.21. The van der Waals surface area contributed by atoms with Crippen LogP contribution < -0.4 is 10.6 Å². The maximum atomic E-state index is 12.3. The number of carbonyl (C=O) groups is 2. The highest BCUT2D eigenvalue weighted by molar-refractivity contribution is 6.05. The topological polar surface area (TPSA) is 58.2 Å². The van der Waals surface area contributed by atoms with Gasteiger partial charge < -0.3 is 10.6 Å². The van der Waals surface area contributed by atoms with Crippen LogP contribution in [0.4, 0.5) is 11.4 Å². The van der Waals surface area contributed by atoms with E-state index < -0.39 is 0 Å². The Kier molecular flexibility index (Phi) is 4.94. The Morgan fingerprint density at radius 3 is 2.23 bits per heavy atom. The van der Waals surface area contributed by atoms with E-state index in [1.54, 1.807) is 13.0 Å². The van der Waals surface area contributed by atoms with Gasteiger partial charge >= 0.3 is 0 Å². The van der Waals surface area contributed by atoms with Gasteiger partial charge in [0.1, 0.15) is 0 Å². The summed E-state index contributed by atoms with van der Waals surface area (Å²) in [6, 6.07) is 12.9. The Bertz CT molecular complexity index is 708. The van der Waals surface area contributed by atoms with Gasteiger partial charge in [0.05, 0.1) is 0 Å². The Hall–Kier alpha value is -2.62. The monoisotopic (exact) mass is 296 g/mol. The molecule has 0 heterocycles. The zero-order valence-electron chi connectivity index (χ0n) is 13.1. The van der Waals surface area contributed by atoms with Gasteiger partial charge in [0.2, 0.25) is 5.91 Å². The first-order valence-corrected chi connectivity index (χ1v) is 7.28. The van der Waals surface area contributed by atoms with Crippen LogP contribution in [0.2, 0.25) is 0 Å². The van der Waals surface area contributed by atoms with Crippen LogP contribution in [0, 0.1) is 13.8 Å². The second-order valence-electron chi connectivity index (χ2n) is 5.20. The molecule has 0 aliphatic carbocycles. The maximum Gasteiger partial charge on any atom is 0.255 e. The molecule has 0 unspecified atom stereocenters. The van der Waals surface area contributed by atoms with Crippen LogP contribution in [0.15, 0.2) is 42.5 Å². The molecule has 2 N–H and O–H groups in total. The molecule has 2 aromatic carbocycles. The van der Waals surface area contributed by atoms with Gasteiger partial charge in [-0.1, -0.05) is 30.7 Å². The number of anilines is 2. The number of amides is 2. The van der Waals surface area contributed by atoms with Crippen LogP contribution in [-0.4, -0.2) is 11.8 Å². The molecule has 0 atom stereocenters. The van der Waals surface area contributed by atoms with Crippen LogP contribution in [-0.2, 0) is 4.79 Å². The van der Waals surface area contributed by atoms with E-state index in [2.05, 4.69) is 10.6 Å². The van der Waals surface area contributed by atoms with Gasteiger partial charge in [0.25, 0.3) is 5.91 Å². The zero-order valence-corrected chi connectivity index (χ0v) is 13.1. The van der Waals surface area contributed by atoms with Crippen molar-refractivity contribution in [1.29, 1.82) is 0 Å². The maximum absolute atomic E-state index is 12.3. The molecule has 0 saturated carbocycles. The summed E-state index contributed by atoms with van der Waals surface area (Å²) in [5.41, 5.74) is 3.90. The highest BCUT2D eigenvalue weighted by Gasteiger charge is 2.10. The molecule has 4 heteroatoms. The van der Waals surface area contributed by atoms with Crippen molar-refractivity contribution in [3.63, 3.8) is 0 Å². The lowest BCUT2D eigenvalue weighted by molar-refractivity contribution is -0.115. The molecule has 2 amide bonds. The summed E-state index contributed by atoms with van der Waals surface area (Å²) in [6.45, 7) is 5.62. The van der Waals surface area contributed by atoms with Crippen molar-refractivity contribution in [3.8, 4) is 0 Å². The molecular weight excluding hydrogens is 276 g/mol. The Morgan fingerprint density at radius 1 is 0.955 bits per heavy atom. The fraction of sp³-hybridized carbons (Fsp3) is 0.222. The molecule has 2 rings (SSSR count). The molecular formula is C18H20N2O2. The first-order chi connectivity index (χ1) is 10.5. The van der Waals surface area contributed by atoms with E-state index in [9.17, 15) is 9.59 Å². The molecule has 4 nitrogen and oxygen atoms in total. The number of aryl methyl sites for hydroxylation is 1. The van der Waals surface area contributed by atoms with Gasteiger partial charge in [0.15, 0.2) is 0 Å². The van der Waals surface area contributed by atoms with E-state index in [-0.39, 0.29) is 11.8 Å². The third-order valence-corrected chi connectivity index (χ3v) is 3.46. The smallest absolute Gasteiger partial charge is 0.255 e. The summed E-state index contributed by atoms with van der Waals surface area (Å²) >= 11 is 0. The predicted molar refractivity (Wildman–Crippen MR) is 89.2 cm³/mol. The van der Waals surface area contributed by atoms with Crippen LogP contribution in [0.5, 0.6) is 0 Å². The van der Waals surface area contributed by atoms with Crippen molar-refractivity contribution in [1.82, 2.24) is 0 Å². The van der Waals surface area contributed by atoms with E-state index in [1.807, 2.05) is 50.2 Å². The molecule has 0 aliphatic heterocycles. The lowest BCUT2D eigenvalue weighted by Crippen LogP contribution is -2.15. The van der Waals surface area contributed by atoms with Gasteiger partial charge in [0, 0.05) is 23.4 Å². The van der Waals surface area contributed by atoms with Crippen LogP contribution in [0.3, 0.4) is 0 Å². The average molecular weight is 296 g/mol. The predicted octanol–water partition coefficient (Wildman–Crippen LogP) is 3.90. The summed E-state index contributed by atoms with van der Waals surface area (Å²) in [5.74, 6) is -0.212. The second kappa shape index (κ2) is 6.89. The lowest BCUT2D eigenvalue weighted by Gasteiger charge is -2.13. The highest BCUT2D eigenvalue weighted by Crippen LogP contribution is 2.24. The fourth-order valence-electron chi connectivity index (χ4n) is 2.13. The largest absolute Gasteiger partial charge is 0.326 e. The second-order valence-corrected chi connectivity index (χ2v) is 5.20. The molecule has 2 aromatic rings. The quantitative estimate of drug-likeness (QED) is 0.899. The van der Waals surface area contributed by atoms with Gasteiger partial charge in [-0.3, -0.25) is 9.59 Å². The summed E-state index contributed by atoms with van der Waals surface area (Å²) in [6.07, 6.45) is 0.416. The summed E-state index contributed by atoms with van der Waals surface area (Å²) in [4.78, 5) is 23.8. The van der Waals surface area contributed by atoms with Crippen molar-refractivity contribution in [2.45, 2.75) is 27.2 Å². The van der Waals surface area contributed by atoms with Gasteiger partial charge in [-0.2, -0.15) is 0 Å². The molecule has 0 aromatic heterocycles. The Labute approximate surface area is 130 Å². The summed E-state index contributed by atoms with van der Waals surface area (Å²) in [7, 11) is 0. The molecule has 0 radical (unpaired) electrons. The molecule has 0 bridgehead atoms. The number of hydrogen-bond donors (Lipinski definition) is 2. The third-order valence-electron chi connectivity index (χ3n) is 3.46. The number of benzene rings is 2. The highest BCUT2D eigenvalue weighted by atomic mass is 16.2. The molecule has 0 aliphatic rings. The molecule has 0 saturated heterocycles.